The first-order valence-corrected chi connectivity index (χ1v) is 8.54. The van der Waals surface area contributed by atoms with Gasteiger partial charge in [-0.3, -0.25) is 4.57 Å². The van der Waals surface area contributed by atoms with Crippen molar-refractivity contribution in [1.82, 2.24) is 9.61 Å². The lowest BCUT2D eigenvalue weighted by Gasteiger charge is -2.20. The maximum atomic E-state index is 13.0. The van der Waals surface area contributed by atoms with Gasteiger partial charge < -0.3 is 9.05 Å². The van der Waals surface area contributed by atoms with E-state index in [1.807, 2.05) is 39.3 Å². The molecule has 6 nitrogen and oxygen atoms in total. The van der Waals surface area contributed by atoms with Crippen LogP contribution in [0.15, 0.2) is 11.7 Å². The lowest BCUT2D eigenvalue weighted by molar-refractivity contribution is -0.643. The van der Waals surface area contributed by atoms with Crippen molar-refractivity contribution in [1.29, 1.82) is 0 Å². The van der Waals surface area contributed by atoms with Gasteiger partial charge >= 0.3 is 12.6 Å². The van der Waals surface area contributed by atoms with Gasteiger partial charge in [-0.25, -0.2) is 4.57 Å². The second-order valence-electron chi connectivity index (χ2n) is 4.84. The van der Waals surface area contributed by atoms with E-state index >= 15 is 0 Å². The predicted octanol–water partition coefficient (Wildman–Crippen LogP) is 1.89. The van der Waals surface area contributed by atoms with Crippen LogP contribution in [0.3, 0.4) is 0 Å². The van der Waals surface area contributed by atoms with Crippen LogP contribution in [0.1, 0.15) is 27.7 Å². The van der Waals surface area contributed by atoms with Gasteiger partial charge in [0.25, 0.3) is 6.33 Å². The molecule has 0 spiro atoms. The highest BCUT2D eigenvalue weighted by atomic mass is 32.1. The Morgan fingerprint density at radius 3 is 2.42 bits per heavy atom. The molecule has 2 heterocycles. The van der Waals surface area contributed by atoms with Gasteiger partial charge in [-0.1, -0.05) is 15.9 Å². The zero-order valence-corrected chi connectivity index (χ0v) is 13.4. The Hall–Kier alpha value is -0.750. The third-order valence-electron chi connectivity index (χ3n) is 2.29. The normalized spacial score (nSPS) is 13.0. The van der Waals surface area contributed by atoms with Crippen LogP contribution in [-0.2, 0) is 20.7 Å². The van der Waals surface area contributed by atoms with Crippen molar-refractivity contribution in [2.45, 2.75) is 39.9 Å². The quantitative estimate of drug-likeness (QED) is 0.625. The van der Waals surface area contributed by atoms with E-state index in [1.165, 1.54) is 11.3 Å². The summed E-state index contributed by atoms with van der Waals surface area (Å²) in [6.45, 7) is 7.35. The first-order chi connectivity index (χ1) is 8.83. The van der Waals surface area contributed by atoms with E-state index < -0.39 is 7.60 Å². The molecule has 0 atom stereocenters. The van der Waals surface area contributed by atoms with E-state index in [4.69, 9.17) is 9.05 Å². The molecule has 2 rings (SSSR count). The summed E-state index contributed by atoms with van der Waals surface area (Å²) >= 11 is 1.46. The molecule has 106 valence electrons. The number of aromatic nitrogens is 3. The van der Waals surface area contributed by atoms with Crippen molar-refractivity contribution in [3.63, 3.8) is 0 Å². The zero-order valence-electron chi connectivity index (χ0n) is 11.7. The second-order valence-corrected chi connectivity index (χ2v) is 7.55. The number of aryl methyl sites for hydroxylation is 1. The lowest BCUT2D eigenvalue weighted by Crippen LogP contribution is -2.25. The third-order valence-corrected chi connectivity index (χ3v) is 5.76. The van der Waals surface area contributed by atoms with Crippen LogP contribution < -0.4 is 10.0 Å². The van der Waals surface area contributed by atoms with Crippen LogP contribution >= 0.6 is 18.9 Å². The number of hydrogen-bond acceptors (Lipinski definition) is 5. The van der Waals surface area contributed by atoms with Gasteiger partial charge in [-0.15, -0.1) is 0 Å². The average Bonchev–Trinajstić information content (AvgIpc) is 2.79. The molecule has 0 N–H and O–H groups in total. The molecule has 19 heavy (non-hydrogen) atoms. The Morgan fingerprint density at radius 1 is 1.32 bits per heavy atom. The number of rotatable bonds is 5. The topological polar surface area (TPSA) is 56.7 Å². The van der Waals surface area contributed by atoms with Crippen LogP contribution in [0.2, 0.25) is 0 Å². The minimum atomic E-state index is -3.37. The molecule has 0 radical (unpaired) electrons. The molecular weight excluding hydrogens is 285 g/mol. The van der Waals surface area contributed by atoms with Crippen LogP contribution in [0, 0.1) is 0 Å². The summed E-state index contributed by atoms with van der Waals surface area (Å²) in [6, 6.07) is 0. The summed E-state index contributed by atoms with van der Waals surface area (Å²) < 4.78 is 27.7. The van der Waals surface area contributed by atoms with E-state index in [0.717, 1.165) is 4.96 Å². The first-order valence-electron chi connectivity index (χ1n) is 6.12. The molecule has 2 aromatic heterocycles. The van der Waals surface area contributed by atoms with Crippen molar-refractivity contribution < 1.29 is 18.2 Å². The molecular formula is C11H19N3O3PS+. The largest absolute Gasteiger partial charge is 0.397 e. The molecule has 0 aliphatic rings. The Labute approximate surface area is 116 Å². The number of fused-ring (bicyclic) bond motifs is 1. The summed E-state index contributed by atoms with van der Waals surface area (Å²) in [5, 5.41) is 6.00. The first kappa shape index (κ1) is 14.7. The fourth-order valence-electron chi connectivity index (χ4n) is 1.69. The summed E-state index contributed by atoms with van der Waals surface area (Å²) in [6.07, 6.45) is 1.29. The van der Waals surface area contributed by atoms with E-state index in [0.29, 0.717) is 5.44 Å². The SMILES string of the molecule is CC(C)OP(=O)(OC(C)C)c1csc2n1nc[n+]2C. The highest BCUT2D eigenvalue weighted by molar-refractivity contribution is 7.62. The minimum Gasteiger partial charge on any atom is -0.300 e. The Morgan fingerprint density at radius 2 is 1.89 bits per heavy atom. The third kappa shape index (κ3) is 2.89. The van der Waals surface area contributed by atoms with Gasteiger partial charge in [0.05, 0.1) is 19.3 Å². The van der Waals surface area contributed by atoms with Crippen molar-refractivity contribution in [3.8, 4) is 0 Å². The van der Waals surface area contributed by atoms with Gasteiger partial charge in [-0.05, 0) is 27.7 Å². The monoisotopic (exact) mass is 304 g/mol. The average molecular weight is 304 g/mol. The van der Waals surface area contributed by atoms with Crippen molar-refractivity contribution in [3.05, 3.63) is 11.7 Å². The van der Waals surface area contributed by atoms with Gasteiger partial charge in [0.2, 0.25) is 5.44 Å². The summed E-state index contributed by atoms with van der Waals surface area (Å²) in [7, 11) is -1.48. The molecule has 0 saturated heterocycles. The minimum absolute atomic E-state index is 0.191. The molecule has 0 aliphatic carbocycles. The van der Waals surface area contributed by atoms with E-state index in [2.05, 4.69) is 5.10 Å². The summed E-state index contributed by atoms with van der Waals surface area (Å²) in [5.74, 6) is 0. The molecule has 0 fully saturated rings. The van der Waals surface area contributed by atoms with E-state index in [9.17, 15) is 4.57 Å². The maximum Gasteiger partial charge on any atom is 0.397 e. The Balaban J connectivity index is 2.51. The number of hydrogen-bond donors (Lipinski definition) is 0. The highest BCUT2D eigenvalue weighted by Crippen LogP contribution is 2.49. The molecule has 0 aliphatic heterocycles. The molecule has 0 saturated carbocycles. The summed E-state index contributed by atoms with van der Waals surface area (Å²) in [5.41, 5.74) is 0.482. The highest BCUT2D eigenvalue weighted by Gasteiger charge is 2.38. The van der Waals surface area contributed by atoms with Crippen LogP contribution in [0.4, 0.5) is 0 Å². The fraction of sp³-hybridized carbons (Fsp3) is 0.636. The Kier molecular flexibility index (Phi) is 4.11. The van der Waals surface area contributed by atoms with Crippen molar-refractivity contribution in [2.24, 2.45) is 7.05 Å². The van der Waals surface area contributed by atoms with Gasteiger partial charge in [0, 0.05) is 10.5 Å². The van der Waals surface area contributed by atoms with Gasteiger partial charge in [-0.2, -0.15) is 0 Å². The number of nitrogens with zero attached hydrogens (tertiary/aromatic N) is 3. The summed E-state index contributed by atoms with van der Waals surface area (Å²) in [4.78, 5) is 0.884. The lowest BCUT2D eigenvalue weighted by atomic mass is 10.5. The van der Waals surface area contributed by atoms with E-state index in [-0.39, 0.29) is 12.2 Å². The molecule has 0 bridgehead atoms. The fourth-order valence-corrected chi connectivity index (χ4v) is 4.96. The molecule has 8 heteroatoms. The van der Waals surface area contributed by atoms with Crippen molar-refractivity contribution in [2.75, 3.05) is 0 Å². The smallest absolute Gasteiger partial charge is 0.300 e. The van der Waals surface area contributed by atoms with Crippen LogP contribution in [0.5, 0.6) is 0 Å². The van der Waals surface area contributed by atoms with Crippen LogP contribution in [0.25, 0.3) is 4.96 Å². The molecule has 0 aromatic carbocycles. The molecule has 0 unspecified atom stereocenters. The Bertz CT molecular complexity index is 606. The van der Waals surface area contributed by atoms with Crippen molar-refractivity contribution >= 4 is 29.3 Å². The van der Waals surface area contributed by atoms with Gasteiger partial charge in [0.1, 0.15) is 0 Å². The second kappa shape index (κ2) is 5.32. The molecule has 0 amide bonds. The number of thiazole rings is 1. The molecule has 2 aromatic rings. The zero-order chi connectivity index (χ0) is 14.2. The van der Waals surface area contributed by atoms with Gasteiger partial charge in [0.15, 0.2) is 0 Å². The maximum absolute atomic E-state index is 13.0. The predicted molar refractivity (Wildman–Crippen MR) is 73.9 cm³/mol. The van der Waals surface area contributed by atoms with E-state index in [1.54, 1.807) is 16.2 Å². The standard InChI is InChI=1S/C11H19N3O3PS/c1-8(2)16-18(15,17-9(3)4)10-6-19-11-13(5)7-12-14(10)11/h6-9H,1-5H3/q+1. The van der Waals surface area contributed by atoms with Crippen LogP contribution in [-0.4, -0.2) is 21.8 Å².